The van der Waals surface area contributed by atoms with Gasteiger partial charge in [-0.25, -0.2) is 9.98 Å². The average Bonchev–Trinajstić information content (AvgIpc) is 3.24. The second kappa shape index (κ2) is 9.64. The highest BCUT2D eigenvalue weighted by molar-refractivity contribution is 8.14. The second-order valence-electron chi connectivity index (χ2n) is 8.79. The van der Waals surface area contributed by atoms with Crippen molar-refractivity contribution in [2.75, 3.05) is 12.3 Å². The van der Waals surface area contributed by atoms with Gasteiger partial charge in [-0.3, -0.25) is 10.1 Å². The predicted molar refractivity (Wildman–Crippen MR) is 123 cm³/mol. The zero-order valence-electron chi connectivity index (χ0n) is 18.4. The largest absolute Gasteiger partial charge is 0.347 e. The summed E-state index contributed by atoms with van der Waals surface area (Å²) < 4.78 is 2.17. The number of thioether (sulfide) groups is 1. The van der Waals surface area contributed by atoms with E-state index in [4.69, 9.17) is 4.99 Å². The summed E-state index contributed by atoms with van der Waals surface area (Å²) >= 11 is 1.76. The van der Waals surface area contributed by atoms with E-state index in [1.807, 2.05) is 13.3 Å². The van der Waals surface area contributed by atoms with E-state index in [1.165, 1.54) is 6.07 Å². The maximum atomic E-state index is 11.0. The van der Waals surface area contributed by atoms with Gasteiger partial charge in [0.05, 0.1) is 22.6 Å². The first kappa shape index (κ1) is 22.3. The molecule has 0 spiro atoms. The number of amidine groups is 1. The molecule has 1 atom stereocenters. The number of non-ortho nitro benzene ring substituents is 1. The maximum absolute atomic E-state index is 11.0. The Kier molecular flexibility index (Phi) is 7.18. The molecule has 0 saturated carbocycles. The monoisotopic (exact) mass is 429 g/mol. The van der Waals surface area contributed by atoms with Gasteiger partial charge in [-0.05, 0) is 30.4 Å². The Labute approximate surface area is 182 Å². The van der Waals surface area contributed by atoms with E-state index in [0.29, 0.717) is 17.9 Å². The molecule has 0 bridgehead atoms. The van der Waals surface area contributed by atoms with E-state index in [9.17, 15) is 10.1 Å². The maximum Gasteiger partial charge on any atom is 0.269 e. The van der Waals surface area contributed by atoms with Crippen molar-refractivity contribution in [3.8, 4) is 0 Å². The Morgan fingerprint density at radius 1 is 1.27 bits per heavy atom. The highest BCUT2D eigenvalue weighted by Crippen LogP contribution is 2.32. The van der Waals surface area contributed by atoms with Crippen LogP contribution < -0.4 is 0 Å². The normalized spacial score (nSPS) is 18.2. The Bertz CT molecular complexity index is 922. The summed E-state index contributed by atoms with van der Waals surface area (Å²) in [6.07, 6.45) is 4.98. The highest BCUT2D eigenvalue weighted by Gasteiger charge is 2.31. The Morgan fingerprint density at radius 3 is 2.63 bits per heavy atom. The van der Waals surface area contributed by atoms with Gasteiger partial charge in [-0.2, -0.15) is 0 Å². The zero-order chi connectivity index (χ0) is 21.8. The van der Waals surface area contributed by atoms with E-state index in [2.05, 4.69) is 48.3 Å². The molecule has 3 rings (SSSR count). The molecule has 0 N–H and O–H groups in total. The Morgan fingerprint density at radius 2 is 2.00 bits per heavy atom. The van der Waals surface area contributed by atoms with Gasteiger partial charge in [0.1, 0.15) is 0 Å². The van der Waals surface area contributed by atoms with Gasteiger partial charge >= 0.3 is 0 Å². The molecule has 30 heavy (non-hydrogen) atoms. The number of imidazole rings is 1. The lowest BCUT2D eigenvalue weighted by Crippen LogP contribution is -2.38. The third-order valence-corrected chi connectivity index (χ3v) is 6.10. The second-order valence-corrected chi connectivity index (χ2v) is 9.78. The van der Waals surface area contributed by atoms with Gasteiger partial charge < -0.3 is 9.47 Å². The first-order valence-corrected chi connectivity index (χ1v) is 11.4. The molecule has 1 saturated heterocycles. The minimum atomic E-state index is -0.367. The number of nitro groups is 1. The van der Waals surface area contributed by atoms with Gasteiger partial charge in [-0.1, -0.05) is 39.5 Å². The third-order valence-electron chi connectivity index (χ3n) is 4.97. The van der Waals surface area contributed by atoms with Gasteiger partial charge in [0.15, 0.2) is 5.17 Å². The molecule has 0 radical (unpaired) electrons. The molecule has 8 heteroatoms. The van der Waals surface area contributed by atoms with Crippen LogP contribution in [0, 0.1) is 28.9 Å². The van der Waals surface area contributed by atoms with E-state index >= 15 is 0 Å². The molecule has 1 fully saturated rings. The molecule has 0 unspecified atom stereocenters. The molecular weight excluding hydrogens is 398 g/mol. The number of hydrogen-bond acceptors (Lipinski definition) is 5. The molecule has 1 aromatic carbocycles. The average molecular weight is 430 g/mol. The lowest BCUT2D eigenvalue weighted by atomic mass is 10.1. The van der Waals surface area contributed by atoms with Gasteiger partial charge in [0.2, 0.25) is 0 Å². The van der Waals surface area contributed by atoms with Crippen LogP contribution in [0.5, 0.6) is 0 Å². The Balaban J connectivity index is 1.80. The molecular formula is C22H31N5O2S. The number of aliphatic imine (C=N–C) groups is 1. The number of benzene rings is 1. The van der Waals surface area contributed by atoms with Crippen molar-refractivity contribution in [3.05, 3.63) is 52.1 Å². The van der Waals surface area contributed by atoms with Crippen molar-refractivity contribution in [3.63, 3.8) is 0 Å². The highest BCUT2D eigenvalue weighted by atomic mass is 32.2. The molecule has 0 aliphatic carbocycles. The van der Waals surface area contributed by atoms with Crippen LogP contribution in [0.25, 0.3) is 0 Å². The molecule has 0 amide bonds. The summed E-state index contributed by atoms with van der Waals surface area (Å²) in [6, 6.07) is 5.20. The van der Waals surface area contributed by atoms with Crippen molar-refractivity contribution in [2.24, 2.45) is 16.8 Å². The van der Waals surface area contributed by atoms with E-state index in [-0.39, 0.29) is 10.6 Å². The summed E-state index contributed by atoms with van der Waals surface area (Å²) in [5.41, 5.74) is 2.82. The minimum absolute atomic E-state index is 0.101. The summed E-state index contributed by atoms with van der Waals surface area (Å²) in [5, 5.41) is 12.0. The van der Waals surface area contributed by atoms with Crippen LogP contribution in [0.15, 0.2) is 35.7 Å². The summed E-state index contributed by atoms with van der Waals surface area (Å²) in [4.78, 5) is 22.5. The van der Waals surface area contributed by atoms with Crippen LogP contribution in [-0.2, 0) is 13.0 Å². The smallest absolute Gasteiger partial charge is 0.269 e. The molecule has 2 aromatic rings. The van der Waals surface area contributed by atoms with Crippen molar-refractivity contribution >= 4 is 28.3 Å². The molecule has 1 aliphatic heterocycles. The van der Waals surface area contributed by atoms with Crippen LogP contribution in [0.3, 0.4) is 0 Å². The summed E-state index contributed by atoms with van der Waals surface area (Å²) in [7, 11) is 0. The molecule has 2 heterocycles. The van der Waals surface area contributed by atoms with Gasteiger partial charge in [0, 0.05) is 49.6 Å². The predicted octanol–water partition coefficient (Wildman–Crippen LogP) is 5.06. The standard InChI is InChI=1S/C22H31N5O2S/c1-15(2)10-25-12-18(23-14-25)9-20-13-30-22(26(20)11-16(3)4)24-21-7-6-19(27(28)29)8-17(21)5/h6-8,12,14-16,20H,9-11,13H2,1-5H3/t20-/m0/s1. The fraction of sp³-hybridized carbons (Fsp3) is 0.545. The van der Waals surface area contributed by atoms with Crippen LogP contribution in [0.2, 0.25) is 0 Å². The number of rotatable bonds is 8. The zero-order valence-corrected chi connectivity index (χ0v) is 19.2. The van der Waals surface area contributed by atoms with Gasteiger partial charge in [0.25, 0.3) is 5.69 Å². The first-order valence-electron chi connectivity index (χ1n) is 10.5. The van der Waals surface area contributed by atoms with Crippen molar-refractivity contribution in [2.45, 2.75) is 53.6 Å². The number of nitro benzene ring substituents is 1. The fourth-order valence-corrected chi connectivity index (χ4v) is 4.83. The summed E-state index contributed by atoms with van der Waals surface area (Å²) in [5.74, 6) is 2.07. The third kappa shape index (κ3) is 5.62. The Hall–Kier alpha value is -2.35. The van der Waals surface area contributed by atoms with Crippen molar-refractivity contribution in [1.29, 1.82) is 0 Å². The van der Waals surface area contributed by atoms with Crippen molar-refractivity contribution < 1.29 is 4.92 Å². The van der Waals surface area contributed by atoms with Crippen LogP contribution in [0.1, 0.15) is 39.0 Å². The van der Waals surface area contributed by atoms with E-state index < -0.39 is 0 Å². The summed E-state index contributed by atoms with van der Waals surface area (Å²) in [6.45, 7) is 12.6. The topological polar surface area (TPSA) is 76.6 Å². The van der Waals surface area contributed by atoms with Crippen molar-refractivity contribution in [1.82, 2.24) is 14.5 Å². The van der Waals surface area contributed by atoms with Gasteiger partial charge in [-0.15, -0.1) is 0 Å². The lowest BCUT2D eigenvalue weighted by Gasteiger charge is -2.27. The molecule has 1 aliphatic rings. The van der Waals surface area contributed by atoms with E-state index in [1.54, 1.807) is 23.9 Å². The van der Waals surface area contributed by atoms with Crippen LogP contribution in [-0.4, -0.2) is 42.9 Å². The number of hydrogen-bond donors (Lipinski definition) is 0. The molecule has 7 nitrogen and oxygen atoms in total. The SMILES string of the molecule is Cc1cc([N+](=O)[O-])ccc1N=C1SC[C@H](Cc2cn(CC(C)C)cn2)N1CC(C)C. The number of aryl methyl sites for hydroxylation is 1. The quantitative estimate of drug-likeness (QED) is 0.433. The fourth-order valence-electron chi connectivity index (χ4n) is 3.64. The number of nitrogens with zero attached hydrogens (tertiary/aromatic N) is 5. The van der Waals surface area contributed by atoms with Crippen LogP contribution in [0.4, 0.5) is 11.4 Å². The van der Waals surface area contributed by atoms with E-state index in [0.717, 1.165) is 47.4 Å². The van der Waals surface area contributed by atoms with Crippen LogP contribution >= 0.6 is 11.8 Å². The lowest BCUT2D eigenvalue weighted by molar-refractivity contribution is -0.384. The number of aromatic nitrogens is 2. The molecule has 162 valence electrons. The minimum Gasteiger partial charge on any atom is -0.347 e. The first-order chi connectivity index (χ1) is 14.2. The molecule has 1 aromatic heterocycles.